The topological polar surface area (TPSA) is 109 Å². The molecule has 26 heavy (non-hydrogen) atoms. The largest absolute Gasteiger partial charge is 0.504 e. The van der Waals surface area contributed by atoms with Crippen LogP contribution >= 0.6 is 0 Å². The number of ketones is 1. The Bertz CT molecular complexity index is 935. The highest BCUT2D eigenvalue weighted by molar-refractivity contribution is 6.12. The number of hydrogen-bond donors (Lipinski definition) is 3. The summed E-state index contributed by atoms with van der Waals surface area (Å²) in [7, 11) is 2.89. The lowest BCUT2D eigenvalue weighted by Gasteiger charge is -2.14. The standard InChI is InChI=1S/C19H16O7/c1-24-16-9-17(25-2)12(8-11(16)15-4-3-5-26-15)18(22)10-6-13(20)19(23)14(21)7-10/h3-9,20-21,23H,1-2H3. The van der Waals surface area contributed by atoms with Crippen LogP contribution in [0.25, 0.3) is 11.3 Å². The minimum absolute atomic E-state index is 0.0216. The molecule has 1 heterocycles. The molecule has 0 saturated carbocycles. The Kier molecular flexibility index (Phi) is 4.45. The second kappa shape index (κ2) is 6.72. The highest BCUT2D eigenvalue weighted by Gasteiger charge is 2.22. The van der Waals surface area contributed by atoms with Crippen molar-refractivity contribution in [3.63, 3.8) is 0 Å². The van der Waals surface area contributed by atoms with E-state index in [0.29, 0.717) is 17.1 Å². The maximum Gasteiger partial charge on any atom is 0.200 e. The van der Waals surface area contributed by atoms with Gasteiger partial charge in [-0.1, -0.05) is 0 Å². The minimum Gasteiger partial charge on any atom is -0.504 e. The summed E-state index contributed by atoms with van der Waals surface area (Å²) in [6, 6.07) is 8.64. The lowest BCUT2D eigenvalue weighted by molar-refractivity contribution is 0.103. The van der Waals surface area contributed by atoms with Crippen LogP contribution in [0, 0.1) is 0 Å². The number of methoxy groups -OCH3 is 2. The Morgan fingerprint density at radius 3 is 2.15 bits per heavy atom. The Balaban J connectivity index is 2.17. The molecule has 0 amide bonds. The van der Waals surface area contributed by atoms with Gasteiger partial charge in [0, 0.05) is 11.6 Å². The van der Waals surface area contributed by atoms with Gasteiger partial charge in [0.25, 0.3) is 0 Å². The van der Waals surface area contributed by atoms with Gasteiger partial charge in [-0.3, -0.25) is 4.79 Å². The molecular formula is C19H16O7. The summed E-state index contributed by atoms with van der Waals surface area (Å²) in [5.41, 5.74) is 0.685. The minimum atomic E-state index is -0.695. The van der Waals surface area contributed by atoms with Crippen molar-refractivity contribution in [3.05, 3.63) is 53.8 Å². The summed E-state index contributed by atoms with van der Waals surface area (Å²) in [4.78, 5) is 12.9. The van der Waals surface area contributed by atoms with E-state index in [1.807, 2.05) is 0 Å². The number of phenols is 3. The molecule has 0 aliphatic rings. The van der Waals surface area contributed by atoms with Gasteiger partial charge in [0.05, 0.1) is 31.6 Å². The number of ether oxygens (including phenoxy) is 2. The molecular weight excluding hydrogens is 340 g/mol. The molecule has 1 aromatic heterocycles. The van der Waals surface area contributed by atoms with E-state index in [2.05, 4.69) is 0 Å². The maximum atomic E-state index is 12.9. The quantitative estimate of drug-likeness (QED) is 0.475. The molecule has 0 aliphatic heterocycles. The number of furan rings is 1. The zero-order chi connectivity index (χ0) is 18.8. The van der Waals surface area contributed by atoms with Crippen molar-refractivity contribution < 1.29 is 34.0 Å². The van der Waals surface area contributed by atoms with Crippen LogP contribution in [0.1, 0.15) is 15.9 Å². The number of hydrogen-bond acceptors (Lipinski definition) is 7. The molecule has 0 unspecified atom stereocenters. The van der Waals surface area contributed by atoms with E-state index >= 15 is 0 Å². The zero-order valence-corrected chi connectivity index (χ0v) is 14.0. The lowest BCUT2D eigenvalue weighted by atomic mass is 9.98. The first kappa shape index (κ1) is 17.2. The van der Waals surface area contributed by atoms with Gasteiger partial charge in [-0.2, -0.15) is 0 Å². The molecule has 0 aliphatic carbocycles. The van der Waals surface area contributed by atoms with Crippen molar-refractivity contribution in [2.24, 2.45) is 0 Å². The SMILES string of the molecule is COc1cc(OC)c(-c2ccco2)cc1C(=O)c1cc(O)c(O)c(O)c1. The molecule has 2 aromatic carbocycles. The van der Waals surface area contributed by atoms with E-state index in [9.17, 15) is 20.1 Å². The summed E-state index contributed by atoms with van der Waals surface area (Å²) in [6.07, 6.45) is 1.50. The normalized spacial score (nSPS) is 10.5. The van der Waals surface area contributed by atoms with Crippen molar-refractivity contribution in [2.45, 2.75) is 0 Å². The summed E-state index contributed by atoms with van der Waals surface area (Å²) in [5, 5.41) is 28.8. The first-order valence-corrected chi connectivity index (χ1v) is 7.55. The summed E-state index contributed by atoms with van der Waals surface area (Å²) in [6.45, 7) is 0. The first-order chi connectivity index (χ1) is 12.5. The van der Waals surface area contributed by atoms with E-state index in [0.717, 1.165) is 12.1 Å². The fourth-order valence-corrected chi connectivity index (χ4v) is 2.59. The van der Waals surface area contributed by atoms with Gasteiger partial charge in [0.1, 0.15) is 17.3 Å². The molecule has 0 atom stereocenters. The number of aromatic hydroxyl groups is 3. The van der Waals surface area contributed by atoms with Crippen LogP contribution in [0.3, 0.4) is 0 Å². The second-order valence-corrected chi connectivity index (χ2v) is 5.42. The average Bonchev–Trinajstić information content (AvgIpc) is 3.18. The maximum absolute atomic E-state index is 12.9. The molecule has 0 radical (unpaired) electrons. The predicted octanol–water partition coefficient (Wildman–Crippen LogP) is 3.31. The van der Waals surface area contributed by atoms with Gasteiger partial charge in [-0.05, 0) is 30.3 Å². The molecule has 0 spiro atoms. The summed E-state index contributed by atoms with van der Waals surface area (Å²) in [5.74, 6) is -1.24. The van der Waals surface area contributed by atoms with Crippen LogP contribution in [-0.4, -0.2) is 35.3 Å². The molecule has 0 fully saturated rings. The van der Waals surface area contributed by atoms with Gasteiger partial charge in [-0.15, -0.1) is 0 Å². The Morgan fingerprint density at radius 1 is 0.962 bits per heavy atom. The fourth-order valence-electron chi connectivity index (χ4n) is 2.59. The number of rotatable bonds is 5. The van der Waals surface area contributed by atoms with Gasteiger partial charge in [0.2, 0.25) is 0 Å². The van der Waals surface area contributed by atoms with E-state index in [4.69, 9.17) is 13.9 Å². The van der Waals surface area contributed by atoms with E-state index in [1.54, 1.807) is 24.3 Å². The van der Waals surface area contributed by atoms with Crippen LogP contribution in [0.5, 0.6) is 28.7 Å². The Labute approximate surface area is 148 Å². The Hall–Kier alpha value is -3.61. The molecule has 3 rings (SSSR count). The molecule has 134 valence electrons. The number of carbonyl (C=O) groups excluding carboxylic acids is 1. The summed E-state index contributed by atoms with van der Waals surface area (Å²) < 4.78 is 16.0. The lowest BCUT2D eigenvalue weighted by Crippen LogP contribution is -2.05. The predicted molar refractivity (Wildman–Crippen MR) is 92.1 cm³/mol. The van der Waals surface area contributed by atoms with E-state index in [-0.39, 0.29) is 16.9 Å². The van der Waals surface area contributed by atoms with Gasteiger partial charge in [-0.25, -0.2) is 0 Å². The molecule has 3 N–H and O–H groups in total. The highest BCUT2D eigenvalue weighted by Crippen LogP contribution is 2.39. The second-order valence-electron chi connectivity index (χ2n) is 5.42. The van der Waals surface area contributed by atoms with Crippen molar-refractivity contribution in [1.82, 2.24) is 0 Å². The highest BCUT2D eigenvalue weighted by atomic mass is 16.5. The molecule has 3 aromatic rings. The van der Waals surface area contributed by atoms with Crippen LogP contribution in [0.15, 0.2) is 47.1 Å². The molecule has 0 bridgehead atoms. The average molecular weight is 356 g/mol. The molecule has 0 saturated heterocycles. The third-order valence-electron chi connectivity index (χ3n) is 3.88. The van der Waals surface area contributed by atoms with Gasteiger partial charge >= 0.3 is 0 Å². The third-order valence-corrected chi connectivity index (χ3v) is 3.88. The van der Waals surface area contributed by atoms with E-state index < -0.39 is 23.0 Å². The van der Waals surface area contributed by atoms with Crippen molar-refractivity contribution in [2.75, 3.05) is 14.2 Å². The fraction of sp³-hybridized carbons (Fsp3) is 0.105. The number of phenolic OH excluding ortho intramolecular Hbond substituents is 3. The van der Waals surface area contributed by atoms with Gasteiger partial charge in [0.15, 0.2) is 23.0 Å². The number of benzene rings is 2. The first-order valence-electron chi connectivity index (χ1n) is 7.55. The van der Waals surface area contributed by atoms with Crippen LogP contribution in [0.4, 0.5) is 0 Å². The van der Waals surface area contributed by atoms with Crippen LogP contribution in [0.2, 0.25) is 0 Å². The third kappa shape index (κ3) is 2.90. The Morgan fingerprint density at radius 2 is 1.62 bits per heavy atom. The smallest absolute Gasteiger partial charge is 0.200 e. The van der Waals surface area contributed by atoms with Gasteiger partial charge < -0.3 is 29.2 Å². The molecule has 7 nitrogen and oxygen atoms in total. The molecule has 7 heteroatoms. The number of carbonyl (C=O) groups is 1. The van der Waals surface area contributed by atoms with Crippen LogP contribution < -0.4 is 9.47 Å². The zero-order valence-electron chi connectivity index (χ0n) is 14.0. The van der Waals surface area contributed by atoms with Crippen LogP contribution in [-0.2, 0) is 0 Å². The summed E-state index contributed by atoms with van der Waals surface area (Å²) >= 11 is 0. The van der Waals surface area contributed by atoms with Crippen molar-refractivity contribution >= 4 is 5.78 Å². The van der Waals surface area contributed by atoms with Crippen molar-refractivity contribution in [1.29, 1.82) is 0 Å². The van der Waals surface area contributed by atoms with E-state index in [1.165, 1.54) is 20.5 Å². The monoisotopic (exact) mass is 356 g/mol. The van der Waals surface area contributed by atoms with Crippen molar-refractivity contribution in [3.8, 4) is 40.1 Å².